The van der Waals surface area contributed by atoms with Gasteiger partial charge in [0.25, 0.3) is 0 Å². The van der Waals surface area contributed by atoms with Crippen LogP contribution in [-0.4, -0.2) is 52.9 Å². The first-order valence-electron chi connectivity index (χ1n) is 10.0. The predicted octanol–water partition coefficient (Wildman–Crippen LogP) is 2.87. The molecule has 27 heavy (non-hydrogen) atoms. The Morgan fingerprint density at radius 3 is 2.56 bits per heavy atom. The average Bonchev–Trinajstić information content (AvgIpc) is 2.86. The number of amides is 1. The molecule has 2 heterocycles. The second-order valence-electron chi connectivity index (χ2n) is 7.82. The number of ether oxygens (including phenoxy) is 1. The molecule has 2 N–H and O–H groups in total. The number of likely N-dealkylation sites (tertiary alicyclic amines) is 1. The SMILES string of the molecule is Cc1nn(CC(C)C)c(C)c1CCC(=O)N1CCC(OCCCN)CC1.Cl. The monoisotopic (exact) mass is 400 g/mol. The van der Waals surface area contributed by atoms with Crippen LogP contribution in [0.2, 0.25) is 0 Å². The highest BCUT2D eigenvalue weighted by Gasteiger charge is 2.23. The van der Waals surface area contributed by atoms with Gasteiger partial charge in [-0.15, -0.1) is 12.4 Å². The molecule has 1 aliphatic heterocycles. The van der Waals surface area contributed by atoms with Crippen molar-refractivity contribution in [2.75, 3.05) is 26.2 Å². The lowest BCUT2D eigenvalue weighted by atomic mass is 10.0. The van der Waals surface area contributed by atoms with Gasteiger partial charge in [-0.1, -0.05) is 13.8 Å². The van der Waals surface area contributed by atoms with E-state index in [0.29, 0.717) is 18.9 Å². The number of piperidine rings is 1. The lowest BCUT2D eigenvalue weighted by Crippen LogP contribution is -2.41. The van der Waals surface area contributed by atoms with Crippen molar-refractivity contribution in [2.45, 2.75) is 72.4 Å². The van der Waals surface area contributed by atoms with Crippen LogP contribution >= 0.6 is 12.4 Å². The van der Waals surface area contributed by atoms with Gasteiger partial charge < -0.3 is 15.4 Å². The van der Waals surface area contributed by atoms with E-state index in [9.17, 15) is 4.79 Å². The number of hydrogen-bond acceptors (Lipinski definition) is 4. The Kier molecular flexibility index (Phi) is 10.3. The third-order valence-corrected chi connectivity index (χ3v) is 5.16. The van der Waals surface area contributed by atoms with Crippen LogP contribution in [0, 0.1) is 19.8 Å². The molecule has 0 spiro atoms. The maximum atomic E-state index is 12.6. The summed E-state index contributed by atoms with van der Waals surface area (Å²) in [5.41, 5.74) is 8.99. The molecule has 0 aliphatic carbocycles. The van der Waals surface area contributed by atoms with Crippen molar-refractivity contribution in [2.24, 2.45) is 11.7 Å². The van der Waals surface area contributed by atoms with Gasteiger partial charge in [0.15, 0.2) is 0 Å². The van der Waals surface area contributed by atoms with E-state index >= 15 is 0 Å². The maximum Gasteiger partial charge on any atom is 0.222 e. The zero-order valence-corrected chi connectivity index (χ0v) is 18.2. The Bertz CT molecular complexity index is 581. The van der Waals surface area contributed by atoms with Crippen molar-refractivity contribution < 1.29 is 9.53 Å². The van der Waals surface area contributed by atoms with Gasteiger partial charge in [0.05, 0.1) is 11.8 Å². The highest BCUT2D eigenvalue weighted by Crippen LogP contribution is 2.19. The zero-order valence-electron chi connectivity index (χ0n) is 17.4. The molecule has 0 saturated carbocycles. The van der Waals surface area contributed by atoms with E-state index in [4.69, 9.17) is 10.5 Å². The van der Waals surface area contributed by atoms with E-state index in [1.807, 2.05) is 11.8 Å². The summed E-state index contributed by atoms with van der Waals surface area (Å²) >= 11 is 0. The number of nitrogens with zero attached hydrogens (tertiary/aromatic N) is 3. The molecular formula is C20H37ClN4O2. The van der Waals surface area contributed by atoms with Gasteiger partial charge in [0.2, 0.25) is 5.91 Å². The van der Waals surface area contributed by atoms with Crippen LogP contribution in [0.1, 0.15) is 56.5 Å². The van der Waals surface area contributed by atoms with Crippen LogP contribution in [0.5, 0.6) is 0 Å². The smallest absolute Gasteiger partial charge is 0.222 e. The molecule has 1 aromatic heterocycles. The number of carbonyl (C=O) groups excluding carboxylic acids is 1. The molecule has 1 saturated heterocycles. The first-order chi connectivity index (χ1) is 12.4. The van der Waals surface area contributed by atoms with Crippen LogP contribution in [0.3, 0.4) is 0 Å². The van der Waals surface area contributed by atoms with E-state index in [-0.39, 0.29) is 24.4 Å². The van der Waals surface area contributed by atoms with Crippen LogP contribution in [0.25, 0.3) is 0 Å². The lowest BCUT2D eigenvalue weighted by molar-refractivity contribution is -0.133. The molecular weight excluding hydrogens is 364 g/mol. The summed E-state index contributed by atoms with van der Waals surface area (Å²) < 4.78 is 7.90. The quantitative estimate of drug-likeness (QED) is 0.647. The van der Waals surface area contributed by atoms with Crippen molar-refractivity contribution in [3.63, 3.8) is 0 Å². The molecule has 1 amide bonds. The molecule has 2 rings (SSSR count). The number of carbonyl (C=O) groups is 1. The van der Waals surface area contributed by atoms with Crippen molar-refractivity contribution >= 4 is 18.3 Å². The third-order valence-electron chi connectivity index (χ3n) is 5.16. The van der Waals surface area contributed by atoms with Crippen molar-refractivity contribution in [3.8, 4) is 0 Å². The summed E-state index contributed by atoms with van der Waals surface area (Å²) in [6.45, 7) is 12.5. The molecule has 1 aromatic rings. The molecule has 0 aromatic carbocycles. The summed E-state index contributed by atoms with van der Waals surface area (Å²) in [4.78, 5) is 14.6. The number of rotatable bonds is 9. The van der Waals surface area contributed by atoms with Gasteiger partial charge in [-0.2, -0.15) is 5.10 Å². The number of halogens is 1. The predicted molar refractivity (Wildman–Crippen MR) is 111 cm³/mol. The Balaban J connectivity index is 0.00000364. The number of aromatic nitrogens is 2. The standard InChI is InChI=1S/C20H36N4O2.ClH/c1-15(2)14-24-17(4)19(16(3)22-24)6-7-20(25)23-11-8-18(9-12-23)26-13-5-10-21;/h15,18H,5-14,21H2,1-4H3;1H. The van der Waals surface area contributed by atoms with Gasteiger partial charge in [-0.3, -0.25) is 9.48 Å². The number of nitrogens with two attached hydrogens (primary N) is 1. The van der Waals surface area contributed by atoms with Crippen molar-refractivity contribution in [1.29, 1.82) is 0 Å². The maximum absolute atomic E-state index is 12.6. The van der Waals surface area contributed by atoms with E-state index in [2.05, 4.69) is 30.6 Å². The topological polar surface area (TPSA) is 73.4 Å². The fraction of sp³-hybridized carbons (Fsp3) is 0.800. The molecule has 0 radical (unpaired) electrons. The van der Waals surface area contributed by atoms with Gasteiger partial charge >= 0.3 is 0 Å². The van der Waals surface area contributed by atoms with Crippen LogP contribution in [0.4, 0.5) is 0 Å². The molecule has 0 bridgehead atoms. The Morgan fingerprint density at radius 1 is 1.30 bits per heavy atom. The minimum Gasteiger partial charge on any atom is -0.378 e. The minimum atomic E-state index is 0. The van der Waals surface area contributed by atoms with Crippen LogP contribution in [-0.2, 0) is 22.5 Å². The molecule has 0 atom stereocenters. The highest BCUT2D eigenvalue weighted by atomic mass is 35.5. The van der Waals surface area contributed by atoms with E-state index in [1.165, 1.54) is 11.3 Å². The normalized spacial score (nSPS) is 15.3. The fourth-order valence-electron chi connectivity index (χ4n) is 3.61. The van der Waals surface area contributed by atoms with E-state index in [1.54, 1.807) is 0 Å². The molecule has 7 heteroatoms. The van der Waals surface area contributed by atoms with Crippen LogP contribution in [0.15, 0.2) is 0 Å². The average molecular weight is 401 g/mol. The minimum absolute atomic E-state index is 0. The van der Waals surface area contributed by atoms with Gasteiger partial charge in [0, 0.05) is 38.4 Å². The fourth-order valence-corrected chi connectivity index (χ4v) is 3.61. The molecule has 156 valence electrons. The van der Waals surface area contributed by atoms with Gasteiger partial charge in [-0.25, -0.2) is 0 Å². The second kappa shape index (κ2) is 11.7. The molecule has 0 unspecified atom stereocenters. The largest absolute Gasteiger partial charge is 0.378 e. The van der Waals surface area contributed by atoms with Crippen molar-refractivity contribution in [3.05, 3.63) is 17.0 Å². The first kappa shape index (κ1) is 23.9. The summed E-state index contributed by atoms with van der Waals surface area (Å²) in [5, 5.41) is 4.65. The Hall–Kier alpha value is -1.11. The zero-order chi connectivity index (χ0) is 19.1. The summed E-state index contributed by atoms with van der Waals surface area (Å²) in [7, 11) is 0. The van der Waals surface area contributed by atoms with Crippen LogP contribution < -0.4 is 5.73 Å². The Labute approximate surface area is 170 Å². The van der Waals surface area contributed by atoms with Crippen molar-refractivity contribution in [1.82, 2.24) is 14.7 Å². The Morgan fingerprint density at radius 2 is 1.96 bits per heavy atom. The summed E-state index contributed by atoms with van der Waals surface area (Å²) in [6, 6.07) is 0. The number of aryl methyl sites for hydroxylation is 1. The molecule has 6 nitrogen and oxygen atoms in total. The first-order valence-corrected chi connectivity index (χ1v) is 10.0. The lowest BCUT2D eigenvalue weighted by Gasteiger charge is -2.32. The summed E-state index contributed by atoms with van der Waals surface area (Å²) in [5.74, 6) is 0.816. The number of hydrogen-bond donors (Lipinski definition) is 1. The summed E-state index contributed by atoms with van der Waals surface area (Å²) in [6.07, 6.45) is 4.39. The van der Waals surface area contributed by atoms with E-state index in [0.717, 1.165) is 57.6 Å². The third kappa shape index (κ3) is 7.09. The highest BCUT2D eigenvalue weighted by molar-refractivity contribution is 5.85. The molecule has 1 aliphatic rings. The second-order valence-corrected chi connectivity index (χ2v) is 7.82. The van der Waals surface area contributed by atoms with E-state index < -0.39 is 0 Å². The van der Waals surface area contributed by atoms with Gasteiger partial charge in [-0.05, 0) is 57.6 Å². The molecule has 1 fully saturated rings. The van der Waals surface area contributed by atoms with Gasteiger partial charge in [0.1, 0.15) is 0 Å².